The Morgan fingerprint density at radius 1 is 1.21 bits per heavy atom. The largest absolute Gasteiger partial charge is 0.508 e. The Kier molecular flexibility index (Phi) is 3.65. The first kappa shape index (κ1) is 14.4. The Morgan fingerprint density at radius 2 is 1.89 bits per heavy atom. The van der Waals surface area contributed by atoms with E-state index in [0.29, 0.717) is 17.2 Å². The highest BCUT2D eigenvalue weighted by atomic mass is 16.3. The summed E-state index contributed by atoms with van der Waals surface area (Å²) in [5.41, 5.74) is 2.83. The number of fused-ring (bicyclic) bond motifs is 1. The van der Waals surface area contributed by atoms with Crippen molar-refractivity contribution in [3.63, 3.8) is 0 Å². The highest BCUT2D eigenvalue weighted by molar-refractivity contribution is 5.44. The summed E-state index contributed by atoms with van der Waals surface area (Å²) in [5, 5.41) is 13.7. The zero-order valence-electron chi connectivity index (χ0n) is 12.9. The van der Waals surface area contributed by atoms with Gasteiger partial charge in [0.25, 0.3) is 0 Å². The molecule has 0 bridgehead atoms. The van der Waals surface area contributed by atoms with E-state index in [-0.39, 0.29) is 5.54 Å². The van der Waals surface area contributed by atoms with Crippen molar-refractivity contribution >= 4 is 0 Å². The summed E-state index contributed by atoms with van der Waals surface area (Å²) >= 11 is 0. The van der Waals surface area contributed by atoms with Crippen LogP contribution in [0.15, 0.2) is 18.2 Å². The SMILES string of the molecule is CC(C)(C)CC(C)(C)NC1CCc2c(O)cccc21. The Hall–Kier alpha value is -1.02. The van der Waals surface area contributed by atoms with Crippen LogP contribution in [-0.4, -0.2) is 10.6 Å². The summed E-state index contributed by atoms with van der Waals surface area (Å²) in [6, 6.07) is 6.26. The van der Waals surface area contributed by atoms with Crippen LogP contribution < -0.4 is 5.32 Å². The van der Waals surface area contributed by atoms with Crippen molar-refractivity contribution in [2.24, 2.45) is 5.41 Å². The zero-order valence-corrected chi connectivity index (χ0v) is 12.9. The van der Waals surface area contributed by atoms with Gasteiger partial charge in [0.05, 0.1) is 0 Å². The van der Waals surface area contributed by atoms with Crippen LogP contribution >= 0.6 is 0 Å². The molecule has 0 fully saturated rings. The van der Waals surface area contributed by atoms with E-state index >= 15 is 0 Å². The van der Waals surface area contributed by atoms with Crippen molar-refractivity contribution in [3.8, 4) is 5.75 Å². The number of phenolic OH excluding ortho intramolecular Hbond substituents is 1. The Balaban J connectivity index is 2.13. The molecule has 2 N–H and O–H groups in total. The van der Waals surface area contributed by atoms with E-state index in [1.165, 1.54) is 5.56 Å². The lowest BCUT2D eigenvalue weighted by atomic mass is 9.81. The molecule has 0 aliphatic heterocycles. The fraction of sp³-hybridized carbons (Fsp3) is 0.647. The fourth-order valence-electron chi connectivity index (χ4n) is 3.63. The molecule has 19 heavy (non-hydrogen) atoms. The van der Waals surface area contributed by atoms with Crippen molar-refractivity contribution in [2.75, 3.05) is 0 Å². The van der Waals surface area contributed by atoms with Crippen LogP contribution in [0.1, 0.15) is 64.6 Å². The number of hydrogen-bond donors (Lipinski definition) is 2. The number of rotatable bonds is 3. The molecule has 2 heteroatoms. The van der Waals surface area contributed by atoms with Gasteiger partial charge in [-0.3, -0.25) is 0 Å². The molecule has 1 unspecified atom stereocenters. The van der Waals surface area contributed by atoms with Gasteiger partial charge in [-0.05, 0) is 55.7 Å². The van der Waals surface area contributed by atoms with Crippen LogP contribution in [0.5, 0.6) is 5.75 Å². The van der Waals surface area contributed by atoms with Gasteiger partial charge in [0.2, 0.25) is 0 Å². The van der Waals surface area contributed by atoms with Gasteiger partial charge in [0.1, 0.15) is 5.75 Å². The normalized spacial score (nSPS) is 19.5. The molecule has 1 aromatic rings. The average Bonchev–Trinajstić information content (AvgIpc) is 2.58. The van der Waals surface area contributed by atoms with E-state index in [2.05, 4.69) is 46.0 Å². The molecule has 0 spiro atoms. The molecular formula is C17H27NO. The second kappa shape index (κ2) is 4.82. The minimum atomic E-state index is 0.107. The molecule has 1 aliphatic carbocycles. The first-order chi connectivity index (χ1) is 8.68. The molecule has 106 valence electrons. The van der Waals surface area contributed by atoms with Crippen LogP contribution in [-0.2, 0) is 6.42 Å². The van der Waals surface area contributed by atoms with Gasteiger partial charge in [-0.25, -0.2) is 0 Å². The molecule has 0 saturated carbocycles. The maximum absolute atomic E-state index is 9.91. The van der Waals surface area contributed by atoms with Gasteiger partial charge < -0.3 is 10.4 Å². The Morgan fingerprint density at radius 3 is 2.53 bits per heavy atom. The third kappa shape index (κ3) is 3.50. The lowest BCUT2D eigenvalue weighted by Gasteiger charge is -2.36. The molecule has 0 saturated heterocycles. The summed E-state index contributed by atoms with van der Waals surface area (Å²) in [4.78, 5) is 0. The Labute approximate surface area is 117 Å². The van der Waals surface area contributed by atoms with E-state index in [1.54, 1.807) is 6.07 Å². The average molecular weight is 261 g/mol. The zero-order chi connectivity index (χ0) is 14.3. The first-order valence-corrected chi connectivity index (χ1v) is 7.26. The van der Waals surface area contributed by atoms with E-state index in [0.717, 1.165) is 24.8 Å². The smallest absolute Gasteiger partial charge is 0.119 e. The fourth-order valence-corrected chi connectivity index (χ4v) is 3.63. The number of benzene rings is 1. The maximum atomic E-state index is 9.91. The predicted octanol–water partition coefficient (Wildman–Crippen LogP) is 4.18. The molecule has 1 aliphatic rings. The summed E-state index contributed by atoms with van der Waals surface area (Å²) in [7, 11) is 0. The van der Waals surface area contributed by atoms with Crippen LogP contribution in [0.3, 0.4) is 0 Å². The van der Waals surface area contributed by atoms with Crippen molar-refractivity contribution in [3.05, 3.63) is 29.3 Å². The standard InChI is InChI=1S/C17H27NO/c1-16(2,3)11-17(4,5)18-14-10-9-13-12(14)7-6-8-15(13)19/h6-8,14,18-19H,9-11H2,1-5H3. The van der Waals surface area contributed by atoms with Crippen molar-refractivity contribution in [1.29, 1.82) is 0 Å². The molecule has 0 aromatic heterocycles. The number of aromatic hydroxyl groups is 1. The van der Waals surface area contributed by atoms with Crippen LogP contribution in [0.2, 0.25) is 0 Å². The molecule has 1 atom stereocenters. The lowest BCUT2D eigenvalue weighted by molar-refractivity contribution is 0.222. The number of hydrogen-bond acceptors (Lipinski definition) is 2. The predicted molar refractivity (Wildman–Crippen MR) is 80.5 cm³/mol. The number of nitrogens with one attached hydrogen (secondary N) is 1. The summed E-state index contributed by atoms with van der Waals surface area (Å²) < 4.78 is 0. The van der Waals surface area contributed by atoms with Gasteiger partial charge in [0, 0.05) is 11.6 Å². The van der Waals surface area contributed by atoms with Gasteiger partial charge >= 0.3 is 0 Å². The molecule has 0 radical (unpaired) electrons. The molecule has 2 nitrogen and oxygen atoms in total. The van der Waals surface area contributed by atoms with Crippen molar-refractivity contribution < 1.29 is 5.11 Å². The molecule has 2 rings (SSSR count). The third-order valence-electron chi connectivity index (χ3n) is 3.78. The second-order valence-corrected chi connectivity index (χ2v) is 7.70. The van der Waals surface area contributed by atoms with Gasteiger partial charge in [-0.2, -0.15) is 0 Å². The van der Waals surface area contributed by atoms with Gasteiger partial charge in [-0.1, -0.05) is 32.9 Å². The third-order valence-corrected chi connectivity index (χ3v) is 3.78. The van der Waals surface area contributed by atoms with Crippen molar-refractivity contribution in [1.82, 2.24) is 5.32 Å². The second-order valence-electron chi connectivity index (χ2n) is 7.70. The topological polar surface area (TPSA) is 32.3 Å². The molecule has 1 aromatic carbocycles. The quantitative estimate of drug-likeness (QED) is 0.855. The lowest BCUT2D eigenvalue weighted by Crippen LogP contribution is -2.43. The number of phenols is 1. The van der Waals surface area contributed by atoms with E-state index in [1.807, 2.05) is 6.07 Å². The summed E-state index contributed by atoms with van der Waals surface area (Å²) in [6.07, 6.45) is 3.19. The monoisotopic (exact) mass is 261 g/mol. The van der Waals surface area contributed by atoms with Gasteiger partial charge in [-0.15, -0.1) is 0 Å². The van der Waals surface area contributed by atoms with E-state index < -0.39 is 0 Å². The molecule has 0 heterocycles. The van der Waals surface area contributed by atoms with Gasteiger partial charge in [0.15, 0.2) is 0 Å². The first-order valence-electron chi connectivity index (χ1n) is 7.26. The highest BCUT2D eigenvalue weighted by Gasteiger charge is 2.31. The highest BCUT2D eigenvalue weighted by Crippen LogP contribution is 2.38. The summed E-state index contributed by atoms with van der Waals surface area (Å²) in [5.74, 6) is 0.454. The Bertz CT molecular complexity index is 457. The minimum Gasteiger partial charge on any atom is -0.508 e. The van der Waals surface area contributed by atoms with Crippen LogP contribution in [0.4, 0.5) is 0 Å². The minimum absolute atomic E-state index is 0.107. The van der Waals surface area contributed by atoms with Crippen molar-refractivity contribution in [2.45, 2.75) is 65.5 Å². The van der Waals surface area contributed by atoms with E-state index in [9.17, 15) is 5.11 Å². The maximum Gasteiger partial charge on any atom is 0.119 e. The molecule has 0 amide bonds. The summed E-state index contributed by atoms with van der Waals surface area (Å²) in [6.45, 7) is 11.4. The van der Waals surface area contributed by atoms with E-state index in [4.69, 9.17) is 0 Å². The molecular weight excluding hydrogens is 234 g/mol. The van der Waals surface area contributed by atoms with Crippen LogP contribution in [0.25, 0.3) is 0 Å². The van der Waals surface area contributed by atoms with Crippen LogP contribution in [0, 0.1) is 5.41 Å².